The molecule has 0 N–H and O–H groups in total. The van der Waals surface area contributed by atoms with E-state index in [1.165, 1.54) is 0 Å². The largest absolute Gasteiger partial charge is 0.296 e. The first kappa shape index (κ1) is 11.5. The van der Waals surface area contributed by atoms with Gasteiger partial charge >= 0.3 is 0 Å². The van der Waals surface area contributed by atoms with Crippen molar-refractivity contribution in [3.05, 3.63) is 0 Å². The fourth-order valence-corrected chi connectivity index (χ4v) is 2.38. The monoisotopic (exact) mass is 202 g/mol. The van der Waals surface area contributed by atoms with Gasteiger partial charge in [-0.2, -0.15) is 0 Å². The molecule has 0 rings (SSSR count). The predicted octanol–water partition coefficient (Wildman–Crippen LogP) is 2.10. The molecule has 0 aliphatic rings. The molecule has 5 heteroatoms. The molecule has 0 fully saturated rings. The van der Waals surface area contributed by atoms with Gasteiger partial charge in [-0.1, -0.05) is 0 Å². The maximum absolute atomic E-state index is 5.53. The van der Waals surface area contributed by atoms with Crippen molar-refractivity contribution in [2.75, 3.05) is 33.0 Å². The van der Waals surface area contributed by atoms with E-state index >= 15 is 0 Å². The second kappa shape index (κ2) is 6.08. The topological polar surface area (TPSA) is 27.7 Å². The van der Waals surface area contributed by atoms with E-state index in [0.717, 1.165) is 12.2 Å². The van der Waals surface area contributed by atoms with Crippen LogP contribution in [-0.2, 0) is 12.5 Å². The van der Waals surface area contributed by atoms with E-state index in [1.807, 2.05) is 0 Å². The molecule has 0 radical (unpaired) electrons. The van der Waals surface area contributed by atoms with Crippen molar-refractivity contribution < 1.29 is 12.5 Å². The first-order chi connectivity index (χ1) is 5.24. The summed E-state index contributed by atoms with van der Waals surface area (Å²) in [6.07, 6.45) is 0.840. The van der Waals surface area contributed by atoms with Crippen molar-refractivity contribution in [1.29, 1.82) is 0 Å². The fraction of sp³-hybridized carbons (Fsp3) is 1.00. The van der Waals surface area contributed by atoms with Gasteiger partial charge in [0.25, 0.3) is 0 Å². The lowest BCUT2D eigenvalue weighted by atomic mass is 10.6. The molecule has 0 aromatic heterocycles. The highest BCUT2D eigenvalue weighted by atomic mass is 35.5. The first-order valence-corrected chi connectivity index (χ1v) is 5.39. The standard InChI is InChI=1S/C6H15ClO3S/c1-8-11(9-2,10-3)6-4-5-7/h4-6H2,1-3H3. The number of halogens is 1. The third-order valence-electron chi connectivity index (χ3n) is 1.29. The van der Waals surface area contributed by atoms with E-state index in [-0.39, 0.29) is 0 Å². The molecule has 11 heavy (non-hydrogen) atoms. The highest BCUT2D eigenvalue weighted by Crippen LogP contribution is 2.49. The van der Waals surface area contributed by atoms with Crippen molar-refractivity contribution in [1.82, 2.24) is 0 Å². The lowest BCUT2D eigenvalue weighted by molar-refractivity contribution is 0.248. The van der Waals surface area contributed by atoms with Crippen LogP contribution < -0.4 is 0 Å². The number of hydrogen-bond donors (Lipinski definition) is 0. The SMILES string of the molecule is COS(CCCCl)(OC)OC. The van der Waals surface area contributed by atoms with Crippen LogP contribution in [0.25, 0.3) is 0 Å². The van der Waals surface area contributed by atoms with Gasteiger partial charge in [0.2, 0.25) is 0 Å². The van der Waals surface area contributed by atoms with Gasteiger partial charge in [0.15, 0.2) is 0 Å². The Balaban J connectivity index is 3.84. The summed E-state index contributed by atoms with van der Waals surface area (Å²) in [6.45, 7) is 0. The number of rotatable bonds is 6. The Morgan fingerprint density at radius 3 is 1.82 bits per heavy atom. The van der Waals surface area contributed by atoms with Crippen LogP contribution in [0.3, 0.4) is 0 Å². The smallest absolute Gasteiger partial charge is 0.0879 e. The zero-order chi connectivity index (χ0) is 8.74. The maximum atomic E-state index is 5.53. The predicted molar refractivity (Wildman–Crippen MR) is 48.8 cm³/mol. The molecule has 0 amide bonds. The molecule has 0 atom stereocenters. The van der Waals surface area contributed by atoms with Gasteiger partial charge in [-0.05, 0) is 6.42 Å². The summed E-state index contributed by atoms with van der Waals surface area (Å²) in [4.78, 5) is 0. The summed E-state index contributed by atoms with van der Waals surface area (Å²) in [5, 5.41) is 0. The molecule has 0 unspecified atom stereocenters. The lowest BCUT2D eigenvalue weighted by Gasteiger charge is -2.33. The molecule has 0 aliphatic carbocycles. The Morgan fingerprint density at radius 1 is 1.09 bits per heavy atom. The second-order valence-corrected chi connectivity index (χ2v) is 4.71. The van der Waals surface area contributed by atoms with Gasteiger partial charge in [0.1, 0.15) is 0 Å². The highest BCUT2D eigenvalue weighted by molar-refractivity contribution is 8.21. The molecular weight excluding hydrogens is 188 g/mol. The van der Waals surface area contributed by atoms with Crippen molar-refractivity contribution in [3.8, 4) is 0 Å². The molecule has 0 aromatic carbocycles. The van der Waals surface area contributed by atoms with Crippen molar-refractivity contribution in [2.24, 2.45) is 0 Å². The van der Waals surface area contributed by atoms with Crippen LogP contribution in [0.4, 0.5) is 0 Å². The number of hydrogen-bond acceptors (Lipinski definition) is 3. The third-order valence-corrected chi connectivity index (χ3v) is 3.87. The van der Waals surface area contributed by atoms with E-state index in [1.54, 1.807) is 21.3 Å². The molecule has 0 bridgehead atoms. The Hall–Kier alpha value is 0.520. The van der Waals surface area contributed by atoms with Crippen LogP contribution in [0.2, 0.25) is 0 Å². The van der Waals surface area contributed by atoms with E-state index in [2.05, 4.69) is 0 Å². The normalized spacial score (nSPS) is 13.5. The maximum Gasteiger partial charge on any atom is 0.0879 e. The van der Waals surface area contributed by atoms with Crippen molar-refractivity contribution >= 4 is 22.5 Å². The number of alkyl halides is 1. The molecule has 3 nitrogen and oxygen atoms in total. The fourth-order valence-electron chi connectivity index (χ4n) is 0.685. The minimum atomic E-state index is -1.76. The van der Waals surface area contributed by atoms with Crippen LogP contribution in [-0.4, -0.2) is 33.0 Å². The van der Waals surface area contributed by atoms with Gasteiger partial charge in [-0.15, -0.1) is 11.6 Å². The summed E-state index contributed by atoms with van der Waals surface area (Å²) in [5.74, 6) is 1.32. The Kier molecular flexibility index (Phi) is 6.37. The zero-order valence-corrected chi connectivity index (χ0v) is 8.70. The quantitative estimate of drug-likeness (QED) is 0.618. The van der Waals surface area contributed by atoms with Crippen molar-refractivity contribution in [3.63, 3.8) is 0 Å². The summed E-state index contributed by atoms with van der Waals surface area (Å²) < 4.78 is 15.4. The zero-order valence-electron chi connectivity index (χ0n) is 7.13. The average Bonchev–Trinajstić information content (AvgIpc) is 2.08. The van der Waals surface area contributed by atoms with E-state index in [9.17, 15) is 0 Å². The van der Waals surface area contributed by atoms with Gasteiger partial charge < -0.3 is 0 Å². The molecule has 0 heterocycles. The second-order valence-electron chi connectivity index (χ2n) is 1.80. The molecular formula is C6H15ClO3S. The Labute approximate surface area is 74.9 Å². The van der Waals surface area contributed by atoms with Crippen LogP contribution >= 0.6 is 22.5 Å². The van der Waals surface area contributed by atoms with Gasteiger partial charge in [0, 0.05) is 11.6 Å². The van der Waals surface area contributed by atoms with Crippen LogP contribution in [0.1, 0.15) is 6.42 Å². The molecule has 0 saturated heterocycles. The molecule has 0 aliphatic heterocycles. The molecule has 0 spiro atoms. The first-order valence-electron chi connectivity index (χ1n) is 3.28. The van der Waals surface area contributed by atoms with Crippen molar-refractivity contribution in [2.45, 2.75) is 6.42 Å². The van der Waals surface area contributed by atoms with Gasteiger partial charge in [0.05, 0.1) is 32.2 Å². The third kappa shape index (κ3) is 3.62. The summed E-state index contributed by atoms with van der Waals surface area (Å²) >= 11 is 5.53. The van der Waals surface area contributed by atoms with E-state index in [4.69, 9.17) is 24.2 Å². The van der Waals surface area contributed by atoms with Crippen LogP contribution in [0.5, 0.6) is 0 Å². The van der Waals surface area contributed by atoms with Gasteiger partial charge in [-0.25, -0.2) is 0 Å². The minimum Gasteiger partial charge on any atom is -0.296 e. The van der Waals surface area contributed by atoms with E-state index in [0.29, 0.717) is 5.88 Å². The summed E-state index contributed by atoms with van der Waals surface area (Å²) in [5.41, 5.74) is 0. The highest BCUT2D eigenvalue weighted by Gasteiger charge is 2.21. The summed E-state index contributed by atoms with van der Waals surface area (Å²) in [7, 11) is 2.98. The molecule has 70 valence electrons. The average molecular weight is 203 g/mol. The Morgan fingerprint density at radius 2 is 1.55 bits per heavy atom. The van der Waals surface area contributed by atoms with Crippen LogP contribution in [0.15, 0.2) is 0 Å². The van der Waals surface area contributed by atoms with E-state index < -0.39 is 10.9 Å². The molecule has 0 saturated carbocycles. The lowest BCUT2D eigenvalue weighted by Crippen LogP contribution is -2.11. The Bertz CT molecular complexity index is 89.6. The summed E-state index contributed by atoms with van der Waals surface area (Å²) in [6, 6.07) is 0. The van der Waals surface area contributed by atoms with Gasteiger partial charge in [-0.3, -0.25) is 12.5 Å². The molecule has 0 aromatic rings. The minimum absolute atomic E-state index is 0.602. The van der Waals surface area contributed by atoms with Crippen LogP contribution in [0, 0.1) is 0 Å².